The van der Waals surface area contributed by atoms with E-state index < -0.39 is 18.2 Å². The van der Waals surface area contributed by atoms with Crippen LogP contribution >= 0.6 is 0 Å². The molecule has 0 bridgehead atoms. The number of aliphatic hydroxyl groups is 1. The molecule has 1 aromatic carbocycles. The van der Waals surface area contributed by atoms with Crippen molar-refractivity contribution < 1.29 is 29.6 Å². The lowest BCUT2D eigenvalue weighted by atomic mass is 10.0. The summed E-state index contributed by atoms with van der Waals surface area (Å²) in [7, 11) is 2.77. The van der Waals surface area contributed by atoms with E-state index >= 15 is 0 Å². The Morgan fingerprint density at radius 1 is 1.37 bits per heavy atom. The number of phenolic OH excluding ortho intramolecular Hbond substituents is 1. The molecule has 1 aromatic rings. The number of hydrogen-bond acceptors (Lipinski definition) is 5. The minimum Gasteiger partial charge on any atom is -0.504 e. The standard InChI is InChI=1S/C13H16O6/c1-18-10-4-3-8(7-9(10)14)13(17)11(19-2)5-6-12(15)16/h3-7,11,13-14,17H,1-2H3,(H,15,16)/b6-5+/t11-,13-/m1/s1. The van der Waals surface area contributed by atoms with Gasteiger partial charge in [0.1, 0.15) is 12.2 Å². The normalized spacial score (nSPS) is 14.3. The van der Waals surface area contributed by atoms with Crippen LogP contribution in [0.4, 0.5) is 0 Å². The summed E-state index contributed by atoms with van der Waals surface area (Å²) in [6, 6.07) is 4.40. The smallest absolute Gasteiger partial charge is 0.328 e. The van der Waals surface area contributed by atoms with Crippen molar-refractivity contribution >= 4 is 5.97 Å². The van der Waals surface area contributed by atoms with Gasteiger partial charge in [0, 0.05) is 13.2 Å². The lowest BCUT2D eigenvalue weighted by Crippen LogP contribution is -2.18. The van der Waals surface area contributed by atoms with E-state index in [9.17, 15) is 15.0 Å². The Morgan fingerprint density at radius 3 is 2.53 bits per heavy atom. The van der Waals surface area contributed by atoms with Gasteiger partial charge >= 0.3 is 5.97 Å². The van der Waals surface area contributed by atoms with Crippen LogP contribution in [0, 0.1) is 0 Å². The number of phenols is 1. The third-order valence-electron chi connectivity index (χ3n) is 2.56. The fourth-order valence-corrected chi connectivity index (χ4v) is 1.57. The van der Waals surface area contributed by atoms with Crippen molar-refractivity contribution in [3.8, 4) is 11.5 Å². The molecule has 0 aliphatic rings. The maximum Gasteiger partial charge on any atom is 0.328 e. The van der Waals surface area contributed by atoms with Crippen LogP contribution in [0.15, 0.2) is 30.4 Å². The zero-order valence-corrected chi connectivity index (χ0v) is 10.6. The van der Waals surface area contributed by atoms with Crippen molar-refractivity contribution in [2.45, 2.75) is 12.2 Å². The van der Waals surface area contributed by atoms with E-state index in [-0.39, 0.29) is 11.5 Å². The van der Waals surface area contributed by atoms with E-state index in [1.54, 1.807) is 6.07 Å². The third-order valence-corrected chi connectivity index (χ3v) is 2.56. The number of aromatic hydroxyl groups is 1. The van der Waals surface area contributed by atoms with Gasteiger partial charge in [-0.05, 0) is 23.8 Å². The average Bonchev–Trinajstić information content (AvgIpc) is 2.38. The molecule has 1 rings (SSSR count). The lowest BCUT2D eigenvalue weighted by Gasteiger charge is -2.19. The van der Waals surface area contributed by atoms with Crippen LogP contribution in [0.25, 0.3) is 0 Å². The highest BCUT2D eigenvalue weighted by molar-refractivity contribution is 5.79. The Kier molecular flexibility index (Phi) is 5.35. The molecular weight excluding hydrogens is 252 g/mol. The number of carboxylic acid groups (broad SMARTS) is 1. The molecule has 0 saturated carbocycles. The Balaban J connectivity index is 2.94. The van der Waals surface area contributed by atoms with Gasteiger partial charge in [-0.1, -0.05) is 6.07 Å². The second-order valence-corrected chi connectivity index (χ2v) is 3.77. The van der Waals surface area contributed by atoms with Crippen molar-refractivity contribution in [1.82, 2.24) is 0 Å². The average molecular weight is 268 g/mol. The second-order valence-electron chi connectivity index (χ2n) is 3.77. The number of hydrogen-bond donors (Lipinski definition) is 3. The molecule has 0 saturated heterocycles. The van der Waals surface area contributed by atoms with Gasteiger partial charge in [0.05, 0.1) is 7.11 Å². The van der Waals surface area contributed by atoms with Crippen LogP contribution in [0.5, 0.6) is 11.5 Å². The number of carbonyl (C=O) groups is 1. The number of rotatable bonds is 6. The topological polar surface area (TPSA) is 96.2 Å². The quantitative estimate of drug-likeness (QED) is 0.668. The second kappa shape index (κ2) is 6.77. The monoisotopic (exact) mass is 268 g/mol. The largest absolute Gasteiger partial charge is 0.504 e. The van der Waals surface area contributed by atoms with Gasteiger partial charge in [0.25, 0.3) is 0 Å². The molecule has 2 atom stereocenters. The molecule has 0 aliphatic heterocycles. The molecule has 19 heavy (non-hydrogen) atoms. The molecule has 6 heteroatoms. The molecule has 0 amide bonds. The Bertz CT molecular complexity index is 468. The van der Waals surface area contributed by atoms with E-state index in [1.807, 2.05) is 0 Å². The molecule has 0 aromatic heterocycles. The SMILES string of the molecule is COc1ccc([C@@H](O)[C@@H](/C=C/C(=O)O)OC)cc1O. The number of carboxylic acids is 1. The van der Waals surface area contributed by atoms with Crippen LogP contribution < -0.4 is 4.74 Å². The van der Waals surface area contributed by atoms with Gasteiger partial charge in [-0.25, -0.2) is 4.79 Å². The molecule has 0 spiro atoms. The summed E-state index contributed by atoms with van der Waals surface area (Å²) >= 11 is 0. The number of aliphatic hydroxyl groups excluding tert-OH is 1. The van der Waals surface area contributed by atoms with Gasteiger partial charge in [-0.15, -0.1) is 0 Å². The van der Waals surface area contributed by atoms with Gasteiger partial charge in [0.15, 0.2) is 11.5 Å². The molecule has 0 unspecified atom stereocenters. The Hall–Kier alpha value is -2.05. The van der Waals surface area contributed by atoms with Gasteiger partial charge in [-0.3, -0.25) is 0 Å². The predicted octanol–water partition coefficient (Wildman–Crippen LogP) is 1.09. The summed E-state index contributed by atoms with van der Waals surface area (Å²) in [5, 5.41) is 28.2. The van der Waals surface area contributed by atoms with E-state index in [4.69, 9.17) is 14.6 Å². The van der Waals surface area contributed by atoms with Crippen molar-refractivity contribution in [1.29, 1.82) is 0 Å². The zero-order valence-electron chi connectivity index (χ0n) is 10.6. The highest BCUT2D eigenvalue weighted by atomic mass is 16.5. The van der Waals surface area contributed by atoms with E-state index in [2.05, 4.69) is 0 Å². The van der Waals surface area contributed by atoms with Crippen LogP contribution in [-0.2, 0) is 9.53 Å². The first-order valence-corrected chi connectivity index (χ1v) is 5.48. The van der Waals surface area contributed by atoms with Crippen molar-refractivity contribution in [2.24, 2.45) is 0 Å². The maximum atomic E-state index is 10.4. The molecule has 0 radical (unpaired) electrons. The predicted molar refractivity (Wildman–Crippen MR) is 67.2 cm³/mol. The van der Waals surface area contributed by atoms with Crippen LogP contribution in [0.1, 0.15) is 11.7 Å². The fraction of sp³-hybridized carbons (Fsp3) is 0.308. The highest BCUT2D eigenvalue weighted by Gasteiger charge is 2.19. The number of methoxy groups -OCH3 is 2. The summed E-state index contributed by atoms with van der Waals surface area (Å²) < 4.78 is 9.89. The van der Waals surface area contributed by atoms with Crippen LogP contribution in [-0.4, -0.2) is 41.6 Å². The number of ether oxygens (including phenoxy) is 2. The highest BCUT2D eigenvalue weighted by Crippen LogP contribution is 2.30. The first-order valence-electron chi connectivity index (χ1n) is 5.48. The third kappa shape index (κ3) is 3.97. The molecular formula is C13H16O6. The number of benzene rings is 1. The summed E-state index contributed by atoms with van der Waals surface area (Å²) in [5.74, 6) is -0.964. The minimum atomic E-state index is -1.13. The lowest BCUT2D eigenvalue weighted by molar-refractivity contribution is -0.131. The first-order chi connectivity index (χ1) is 8.99. The van der Waals surface area contributed by atoms with E-state index in [0.717, 1.165) is 6.08 Å². The van der Waals surface area contributed by atoms with E-state index in [1.165, 1.54) is 32.4 Å². The minimum absolute atomic E-state index is 0.115. The Labute approximate surface area is 110 Å². The molecule has 3 N–H and O–H groups in total. The maximum absolute atomic E-state index is 10.4. The molecule has 0 heterocycles. The summed E-state index contributed by atoms with van der Waals surface area (Å²) in [6.45, 7) is 0. The summed E-state index contributed by atoms with van der Waals surface area (Å²) in [5.41, 5.74) is 0.389. The van der Waals surface area contributed by atoms with Crippen LogP contribution in [0.3, 0.4) is 0 Å². The molecule has 0 fully saturated rings. The van der Waals surface area contributed by atoms with E-state index in [0.29, 0.717) is 5.56 Å². The number of aliphatic carboxylic acids is 1. The van der Waals surface area contributed by atoms with Gasteiger partial charge in [-0.2, -0.15) is 0 Å². The summed E-state index contributed by atoms with van der Waals surface area (Å²) in [6.07, 6.45) is 0.191. The molecule has 104 valence electrons. The molecule has 6 nitrogen and oxygen atoms in total. The zero-order chi connectivity index (χ0) is 14.4. The summed E-state index contributed by atoms with van der Waals surface area (Å²) in [4.78, 5) is 10.4. The Morgan fingerprint density at radius 2 is 2.05 bits per heavy atom. The van der Waals surface area contributed by atoms with Crippen LogP contribution in [0.2, 0.25) is 0 Å². The molecule has 0 aliphatic carbocycles. The van der Waals surface area contributed by atoms with Gasteiger partial charge in [0.2, 0.25) is 0 Å². The van der Waals surface area contributed by atoms with Crippen molar-refractivity contribution in [3.63, 3.8) is 0 Å². The van der Waals surface area contributed by atoms with Crippen molar-refractivity contribution in [3.05, 3.63) is 35.9 Å². The van der Waals surface area contributed by atoms with Gasteiger partial charge < -0.3 is 24.8 Å². The van der Waals surface area contributed by atoms with Crippen molar-refractivity contribution in [2.75, 3.05) is 14.2 Å². The first kappa shape index (κ1) is 15.0. The fourth-order valence-electron chi connectivity index (χ4n) is 1.57.